The van der Waals surface area contributed by atoms with Crippen LogP contribution in [0.2, 0.25) is 0 Å². The smallest absolute Gasteiger partial charge is 0.109 e. The number of aromatic nitrogens is 3. The summed E-state index contributed by atoms with van der Waals surface area (Å²) in [5, 5.41) is 5.38. The van der Waals surface area contributed by atoms with Crippen molar-refractivity contribution < 1.29 is 0 Å². The summed E-state index contributed by atoms with van der Waals surface area (Å²) in [5.41, 5.74) is 1.03. The molecule has 0 unspecified atom stereocenters. The summed E-state index contributed by atoms with van der Waals surface area (Å²) in [4.78, 5) is 4.06. The van der Waals surface area contributed by atoms with Crippen molar-refractivity contribution >= 4 is 33.5 Å². The van der Waals surface area contributed by atoms with Crippen LogP contribution in [0, 0.1) is 3.57 Å². The van der Waals surface area contributed by atoms with Crippen LogP contribution in [0.1, 0.15) is 0 Å². The van der Waals surface area contributed by atoms with Gasteiger partial charge >= 0.3 is 0 Å². The number of hydrogen-bond donors (Lipinski definition) is 0. The Kier molecular flexibility index (Phi) is 1.56. The van der Waals surface area contributed by atoms with Gasteiger partial charge in [0.25, 0.3) is 0 Å². The van der Waals surface area contributed by atoms with Crippen molar-refractivity contribution in [3.8, 4) is 0 Å². The van der Waals surface area contributed by atoms with Crippen molar-refractivity contribution in [3.05, 3.63) is 22.2 Å². The van der Waals surface area contributed by atoms with Gasteiger partial charge < -0.3 is 0 Å². The Morgan fingerprint density at radius 3 is 3.00 bits per heavy atom. The molecule has 56 valence electrons. The quantitative estimate of drug-likeness (QED) is 0.672. The highest BCUT2D eigenvalue weighted by Gasteiger charge is 2.00. The molecule has 0 radical (unpaired) electrons. The third kappa shape index (κ3) is 1.11. The Balaban J connectivity index is 2.90. The van der Waals surface area contributed by atoms with E-state index in [0.717, 1.165) is 14.5 Å². The lowest BCUT2D eigenvalue weighted by Gasteiger charge is -1.87. The molecule has 2 aromatic heterocycles. The molecule has 3 nitrogen and oxygen atoms in total. The van der Waals surface area contributed by atoms with E-state index in [-0.39, 0.29) is 0 Å². The summed E-state index contributed by atoms with van der Waals surface area (Å²) < 4.78 is 2.90. The minimum absolute atomic E-state index is 1.03. The molecule has 0 saturated carbocycles. The molecule has 0 atom stereocenters. The van der Waals surface area contributed by atoms with Gasteiger partial charge in [0.15, 0.2) is 0 Å². The highest BCUT2D eigenvalue weighted by molar-refractivity contribution is 14.1. The van der Waals surface area contributed by atoms with Crippen LogP contribution < -0.4 is 0 Å². The fourth-order valence-electron chi connectivity index (χ4n) is 1.03. The predicted octanol–water partition coefficient (Wildman–Crippen LogP) is 1.57. The Morgan fingerprint density at radius 2 is 2.27 bits per heavy atom. The van der Waals surface area contributed by atoms with Crippen molar-refractivity contribution in [2.24, 2.45) is 7.05 Å². The molecule has 11 heavy (non-hydrogen) atoms. The van der Waals surface area contributed by atoms with E-state index >= 15 is 0 Å². The standard InChI is InChI=1S/C7H6IN3/c1-11-4-5-2-9-3-6(8)7(5)10-11/h2-4H,1H3. The summed E-state index contributed by atoms with van der Waals surface area (Å²) in [6.45, 7) is 0. The maximum Gasteiger partial charge on any atom is 0.109 e. The third-order valence-electron chi connectivity index (χ3n) is 1.48. The van der Waals surface area contributed by atoms with Gasteiger partial charge in [0.05, 0.1) is 3.57 Å². The third-order valence-corrected chi connectivity index (χ3v) is 2.27. The maximum atomic E-state index is 4.28. The first-order valence-corrected chi connectivity index (χ1v) is 4.28. The van der Waals surface area contributed by atoms with Gasteiger partial charge in [-0.3, -0.25) is 9.67 Å². The number of aryl methyl sites for hydroxylation is 1. The second-order valence-corrected chi connectivity index (χ2v) is 3.52. The number of hydrogen-bond acceptors (Lipinski definition) is 2. The van der Waals surface area contributed by atoms with E-state index < -0.39 is 0 Å². The lowest BCUT2D eigenvalue weighted by atomic mass is 10.3. The monoisotopic (exact) mass is 259 g/mol. The Labute approximate surface area is 77.6 Å². The van der Waals surface area contributed by atoms with E-state index in [1.54, 1.807) is 4.68 Å². The fourth-order valence-corrected chi connectivity index (χ4v) is 1.61. The van der Waals surface area contributed by atoms with Gasteiger partial charge in [-0.2, -0.15) is 5.10 Å². The summed E-state index contributed by atoms with van der Waals surface area (Å²) >= 11 is 2.23. The number of halogens is 1. The highest BCUT2D eigenvalue weighted by Crippen LogP contribution is 2.15. The molecule has 0 spiro atoms. The minimum Gasteiger partial charge on any atom is -0.275 e. The van der Waals surface area contributed by atoms with Crippen LogP contribution in [-0.4, -0.2) is 14.8 Å². The number of nitrogens with zero attached hydrogens (tertiary/aromatic N) is 3. The zero-order valence-corrected chi connectivity index (χ0v) is 8.11. The zero-order valence-electron chi connectivity index (χ0n) is 5.95. The second-order valence-electron chi connectivity index (χ2n) is 2.36. The largest absolute Gasteiger partial charge is 0.275 e. The van der Waals surface area contributed by atoms with E-state index in [4.69, 9.17) is 0 Å². The molecule has 0 amide bonds. The molecule has 0 aliphatic heterocycles. The van der Waals surface area contributed by atoms with Crippen molar-refractivity contribution in [1.82, 2.24) is 14.8 Å². The van der Waals surface area contributed by atoms with Gasteiger partial charge in [-0.05, 0) is 22.6 Å². The highest BCUT2D eigenvalue weighted by atomic mass is 127. The lowest BCUT2D eigenvalue weighted by Crippen LogP contribution is -1.85. The van der Waals surface area contributed by atoms with Gasteiger partial charge in [-0.1, -0.05) is 0 Å². The Morgan fingerprint density at radius 1 is 1.45 bits per heavy atom. The predicted molar refractivity (Wildman–Crippen MR) is 51.2 cm³/mol. The normalized spacial score (nSPS) is 10.7. The Bertz CT molecular complexity index is 393. The summed E-state index contributed by atoms with van der Waals surface area (Å²) in [5.74, 6) is 0. The maximum absolute atomic E-state index is 4.28. The van der Waals surface area contributed by atoms with Gasteiger partial charge in [0.2, 0.25) is 0 Å². The SMILES string of the molecule is Cn1cc2cncc(I)c2n1. The van der Waals surface area contributed by atoms with Crippen molar-refractivity contribution in [3.63, 3.8) is 0 Å². The number of pyridine rings is 1. The molecule has 2 aromatic rings. The second kappa shape index (κ2) is 2.44. The topological polar surface area (TPSA) is 30.7 Å². The van der Waals surface area contributed by atoms with E-state index in [1.165, 1.54) is 0 Å². The molecule has 2 heterocycles. The Hall–Kier alpha value is -0.650. The molecular weight excluding hydrogens is 253 g/mol. The summed E-state index contributed by atoms with van der Waals surface area (Å²) in [6.07, 6.45) is 5.60. The van der Waals surface area contributed by atoms with Crippen LogP contribution >= 0.6 is 22.6 Å². The molecule has 0 saturated heterocycles. The lowest BCUT2D eigenvalue weighted by molar-refractivity contribution is 0.779. The van der Waals surface area contributed by atoms with E-state index in [9.17, 15) is 0 Å². The van der Waals surface area contributed by atoms with Crippen molar-refractivity contribution in [1.29, 1.82) is 0 Å². The van der Waals surface area contributed by atoms with E-state index in [2.05, 4.69) is 32.7 Å². The number of fused-ring (bicyclic) bond motifs is 1. The van der Waals surface area contributed by atoms with Crippen molar-refractivity contribution in [2.75, 3.05) is 0 Å². The van der Waals surface area contributed by atoms with Gasteiger partial charge in [-0.15, -0.1) is 0 Å². The average Bonchev–Trinajstić information content (AvgIpc) is 2.31. The van der Waals surface area contributed by atoms with E-state index in [0.29, 0.717) is 0 Å². The van der Waals surface area contributed by atoms with Crippen LogP contribution in [0.15, 0.2) is 18.6 Å². The van der Waals surface area contributed by atoms with Crippen LogP contribution in [0.5, 0.6) is 0 Å². The van der Waals surface area contributed by atoms with E-state index in [1.807, 2.05) is 25.6 Å². The fraction of sp³-hybridized carbons (Fsp3) is 0.143. The first-order chi connectivity index (χ1) is 5.27. The molecular formula is C7H6IN3. The molecule has 0 aromatic carbocycles. The van der Waals surface area contributed by atoms with Gasteiger partial charge in [0, 0.05) is 31.0 Å². The minimum atomic E-state index is 1.03. The summed E-state index contributed by atoms with van der Waals surface area (Å²) in [7, 11) is 1.91. The van der Waals surface area contributed by atoms with Crippen LogP contribution in [0.3, 0.4) is 0 Å². The molecule has 0 N–H and O–H groups in total. The molecule has 0 aliphatic rings. The first-order valence-electron chi connectivity index (χ1n) is 3.20. The van der Waals surface area contributed by atoms with Gasteiger partial charge in [0.1, 0.15) is 5.52 Å². The van der Waals surface area contributed by atoms with Crippen LogP contribution in [0.4, 0.5) is 0 Å². The summed E-state index contributed by atoms with van der Waals surface area (Å²) in [6, 6.07) is 0. The van der Waals surface area contributed by atoms with Crippen LogP contribution in [0.25, 0.3) is 10.9 Å². The first kappa shape index (κ1) is 7.02. The number of rotatable bonds is 0. The average molecular weight is 259 g/mol. The van der Waals surface area contributed by atoms with Crippen LogP contribution in [-0.2, 0) is 7.05 Å². The molecule has 0 aliphatic carbocycles. The zero-order chi connectivity index (χ0) is 7.84. The molecule has 4 heteroatoms. The van der Waals surface area contributed by atoms with Gasteiger partial charge in [-0.25, -0.2) is 0 Å². The molecule has 0 fully saturated rings. The molecule has 2 rings (SSSR count). The molecule has 0 bridgehead atoms. The van der Waals surface area contributed by atoms with Crippen molar-refractivity contribution in [2.45, 2.75) is 0 Å².